The molecule has 1 aromatic carbocycles. The van der Waals surface area contributed by atoms with Gasteiger partial charge in [-0.3, -0.25) is 14.1 Å². The molecule has 0 aromatic heterocycles. The van der Waals surface area contributed by atoms with E-state index in [4.69, 9.17) is 19.3 Å². The smallest absolute Gasteiger partial charge is 0.454 e. The van der Waals surface area contributed by atoms with Gasteiger partial charge in [0.2, 0.25) is 6.79 Å². The normalized spacial score (nSPS) is 17.9. The summed E-state index contributed by atoms with van der Waals surface area (Å²) >= 11 is 0. The van der Waals surface area contributed by atoms with Crippen LogP contribution in [0.25, 0.3) is 0 Å². The minimum atomic E-state index is -4.99. The molecule has 0 spiro atoms. The van der Waals surface area contributed by atoms with Gasteiger partial charge in [-0.1, -0.05) is 0 Å². The summed E-state index contributed by atoms with van der Waals surface area (Å²) in [5.41, 5.74) is -0.254. The summed E-state index contributed by atoms with van der Waals surface area (Å²) in [7, 11) is -4.99. The molecule has 0 saturated heterocycles. The molecule has 6 N–H and O–H groups in total. The van der Waals surface area contributed by atoms with Crippen LogP contribution in [0.2, 0.25) is 0 Å². The highest BCUT2D eigenvalue weighted by molar-refractivity contribution is 7.46. The lowest BCUT2D eigenvalue weighted by Crippen LogP contribution is -2.46. The van der Waals surface area contributed by atoms with E-state index in [2.05, 4.69) is 4.52 Å². The SMILES string of the molecule is O=Cc1cc2c(cc1[C@@H](O)[C@@H](O)[C@@H](O)[C@H](O)C(=O)COP(=O)(O)O)OCO2. The van der Waals surface area contributed by atoms with Crippen LogP contribution in [0.15, 0.2) is 12.1 Å². The lowest BCUT2D eigenvalue weighted by molar-refractivity contribution is -0.147. The maximum atomic E-state index is 11.6. The second kappa shape index (κ2) is 8.42. The number of benzene rings is 1. The van der Waals surface area contributed by atoms with Crippen molar-refractivity contribution in [3.63, 3.8) is 0 Å². The first kappa shape index (κ1) is 21.4. The third-order valence-electron chi connectivity index (χ3n) is 3.73. The molecule has 4 atom stereocenters. The zero-order chi connectivity index (χ0) is 20.4. The van der Waals surface area contributed by atoms with Crippen LogP contribution in [-0.4, -0.2) is 74.0 Å². The molecule has 0 aliphatic carbocycles. The Labute approximate surface area is 151 Å². The maximum absolute atomic E-state index is 11.6. The van der Waals surface area contributed by atoms with Gasteiger partial charge in [0.05, 0.1) is 0 Å². The Hall–Kier alpha value is -1.89. The van der Waals surface area contributed by atoms with Crippen molar-refractivity contribution >= 4 is 19.9 Å². The average molecular weight is 408 g/mol. The van der Waals surface area contributed by atoms with Gasteiger partial charge in [-0.15, -0.1) is 0 Å². The van der Waals surface area contributed by atoms with Crippen LogP contribution in [0.5, 0.6) is 11.5 Å². The van der Waals surface area contributed by atoms with Crippen LogP contribution in [-0.2, 0) is 13.9 Å². The molecule has 2 rings (SSSR count). The molecular weight excluding hydrogens is 391 g/mol. The largest absolute Gasteiger partial charge is 0.470 e. The second-order valence-electron chi connectivity index (χ2n) is 5.55. The molecule has 12 nitrogen and oxygen atoms in total. The Bertz CT molecular complexity index is 759. The lowest BCUT2D eigenvalue weighted by atomic mass is 9.93. The molecule has 1 heterocycles. The fraction of sp³-hybridized carbons (Fsp3) is 0.429. The standard InChI is InChI=1S/C14H17O12P/c15-3-6-1-9-10(25-5-24-9)2-7(6)11(17)13(19)14(20)12(18)8(16)4-26-27(21,22)23/h1-3,11-14,17-20H,4-5H2,(H2,21,22,23)/t11-,12-,13-,14+/m1/s1. The minimum absolute atomic E-state index is 0.0938. The summed E-state index contributed by atoms with van der Waals surface area (Å²) in [6.07, 6.45) is -8.28. The Morgan fingerprint density at radius 3 is 2.30 bits per heavy atom. The predicted molar refractivity (Wildman–Crippen MR) is 83.9 cm³/mol. The van der Waals surface area contributed by atoms with Gasteiger partial charge in [-0.25, -0.2) is 4.57 Å². The molecule has 27 heavy (non-hydrogen) atoms. The summed E-state index contributed by atoms with van der Waals surface area (Å²) in [6, 6.07) is 2.43. The number of carbonyl (C=O) groups excluding carboxylic acids is 2. The maximum Gasteiger partial charge on any atom is 0.470 e. The van der Waals surface area contributed by atoms with Crippen molar-refractivity contribution in [3.8, 4) is 11.5 Å². The molecule has 150 valence electrons. The van der Waals surface area contributed by atoms with Crippen LogP contribution in [0.1, 0.15) is 22.0 Å². The number of hydrogen-bond donors (Lipinski definition) is 6. The molecule has 0 bridgehead atoms. The monoisotopic (exact) mass is 408 g/mol. The van der Waals surface area contributed by atoms with Gasteiger partial charge in [0.25, 0.3) is 0 Å². The van der Waals surface area contributed by atoms with Gasteiger partial charge in [0, 0.05) is 5.56 Å². The number of ketones is 1. The van der Waals surface area contributed by atoms with Crippen molar-refractivity contribution in [3.05, 3.63) is 23.3 Å². The first-order valence-electron chi connectivity index (χ1n) is 7.39. The fourth-order valence-corrected chi connectivity index (χ4v) is 2.61. The van der Waals surface area contributed by atoms with Gasteiger partial charge in [-0.05, 0) is 17.7 Å². The molecular formula is C14H17O12P. The number of hydrogen-bond acceptors (Lipinski definition) is 10. The molecule has 1 aliphatic heterocycles. The molecule has 0 amide bonds. The van der Waals surface area contributed by atoms with E-state index in [-0.39, 0.29) is 29.4 Å². The van der Waals surface area contributed by atoms with E-state index in [1.54, 1.807) is 0 Å². The molecule has 0 fully saturated rings. The number of aliphatic hydroxyl groups is 4. The number of phosphoric ester groups is 1. The summed E-state index contributed by atoms with van der Waals surface area (Å²) in [6.45, 7) is -1.36. The molecule has 0 saturated carbocycles. The first-order valence-corrected chi connectivity index (χ1v) is 8.92. The zero-order valence-electron chi connectivity index (χ0n) is 13.5. The minimum Gasteiger partial charge on any atom is -0.454 e. The van der Waals surface area contributed by atoms with Gasteiger partial charge in [-0.2, -0.15) is 0 Å². The zero-order valence-corrected chi connectivity index (χ0v) is 14.4. The van der Waals surface area contributed by atoms with Gasteiger partial charge in [0.1, 0.15) is 31.0 Å². The van der Waals surface area contributed by atoms with E-state index in [9.17, 15) is 34.6 Å². The number of ether oxygens (including phenoxy) is 2. The Morgan fingerprint density at radius 1 is 1.15 bits per heavy atom. The number of aliphatic hydroxyl groups excluding tert-OH is 4. The summed E-state index contributed by atoms with van der Waals surface area (Å²) in [4.78, 5) is 39.8. The van der Waals surface area contributed by atoms with E-state index < -0.39 is 44.6 Å². The lowest BCUT2D eigenvalue weighted by Gasteiger charge is -2.26. The molecule has 1 aliphatic rings. The highest BCUT2D eigenvalue weighted by Gasteiger charge is 2.37. The summed E-state index contributed by atoms with van der Waals surface area (Å²) in [5.74, 6) is -0.950. The van der Waals surface area contributed by atoms with Crippen LogP contribution in [0.4, 0.5) is 0 Å². The third-order valence-corrected chi connectivity index (χ3v) is 4.19. The van der Waals surface area contributed by atoms with E-state index in [1.807, 2.05) is 0 Å². The Kier molecular flexibility index (Phi) is 6.68. The quantitative estimate of drug-likeness (QED) is 0.195. The topological polar surface area (TPSA) is 200 Å². The number of carbonyl (C=O) groups is 2. The van der Waals surface area contributed by atoms with Gasteiger partial charge < -0.3 is 39.7 Å². The van der Waals surface area contributed by atoms with Crippen molar-refractivity contribution in [1.29, 1.82) is 0 Å². The Morgan fingerprint density at radius 2 is 1.74 bits per heavy atom. The highest BCUT2D eigenvalue weighted by Crippen LogP contribution is 2.38. The van der Waals surface area contributed by atoms with E-state index in [0.717, 1.165) is 0 Å². The number of Topliss-reactive ketones (excluding diaryl/α,β-unsaturated/α-hetero) is 1. The third kappa shape index (κ3) is 5.09. The average Bonchev–Trinajstić information content (AvgIpc) is 3.09. The van der Waals surface area contributed by atoms with E-state index in [1.165, 1.54) is 12.1 Å². The number of aldehydes is 1. The summed E-state index contributed by atoms with van der Waals surface area (Å²) < 4.78 is 24.6. The number of rotatable bonds is 9. The number of fused-ring (bicyclic) bond motifs is 1. The first-order chi connectivity index (χ1) is 12.5. The van der Waals surface area contributed by atoms with E-state index >= 15 is 0 Å². The fourth-order valence-electron chi connectivity index (χ4n) is 2.31. The van der Waals surface area contributed by atoms with Crippen LogP contribution < -0.4 is 9.47 Å². The van der Waals surface area contributed by atoms with Crippen molar-refractivity contribution < 1.29 is 58.4 Å². The van der Waals surface area contributed by atoms with Crippen LogP contribution >= 0.6 is 7.82 Å². The van der Waals surface area contributed by atoms with Crippen molar-refractivity contribution in [2.45, 2.75) is 24.4 Å². The molecule has 0 radical (unpaired) electrons. The predicted octanol–water partition coefficient (Wildman–Crippen LogP) is -1.98. The van der Waals surface area contributed by atoms with Crippen molar-refractivity contribution in [2.24, 2.45) is 0 Å². The van der Waals surface area contributed by atoms with Crippen molar-refractivity contribution in [1.82, 2.24) is 0 Å². The number of phosphoric acid groups is 1. The van der Waals surface area contributed by atoms with Gasteiger partial charge in [0.15, 0.2) is 23.6 Å². The molecule has 0 unspecified atom stereocenters. The van der Waals surface area contributed by atoms with E-state index in [0.29, 0.717) is 6.29 Å². The second-order valence-corrected chi connectivity index (χ2v) is 6.79. The Balaban J connectivity index is 2.14. The van der Waals surface area contributed by atoms with Crippen LogP contribution in [0.3, 0.4) is 0 Å². The van der Waals surface area contributed by atoms with Gasteiger partial charge >= 0.3 is 7.82 Å². The highest BCUT2D eigenvalue weighted by atomic mass is 31.2. The summed E-state index contributed by atoms with van der Waals surface area (Å²) in [5, 5.41) is 39.9. The van der Waals surface area contributed by atoms with Crippen molar-refractivity contribution in [2.75, 3.05) is 13.4 Å². The van der Waals surface area contributed by atoms with Crippen LogP contribution in [0, 0.1) is 0 Å². The molecule has 13 heteroatoms. The molecule has 1 aromatic rings.